The Morgan fingerprint density at radius 3 is 2.92 bits per heavy atom. The highest BCUT2D eigenvalue weighted by Crippen LogP contribution is 2.32. The third kappa shape index (κ3) is 3.21. The van der Waals surface area contributed by atoms with Crippen LogP contribution in [0, 0.1) is 0 Å². The van der Waals surface area contributed by atoms with E-state index in [9.17, 15) is 9.59 Å². The van der Waals surface area contributed by atoms with Crippen molar-refractivity contribution in [2.75, 3.05) is 6.79 Å². The van der Waals surface area contributed by atoms with Crippen LogP contribution in [0.1, 0.15) is 12.0 Å². The zero-order valence-electron chi connectivity index (χ0n) is 13.8. The first-order chi connectivity index (χ1) is 12.7. The van der Waals surface area contributed by atoms with Crippen molar-refractivity contribution in [1.82, 2.24) is 15.0 Å². The van der Waals surface area contributed by atoms with Gasteiger partial charge in [-0.1, -0.05) is 23.4 Å². The molecule has 0 bridgehead atoms. The molecular formula is C18H15N3O5. The summed E-state index contributed by atoms with van der Waals surface area (Å²) in [5, 5.41) is 8.15. The Labute approximate surface area is 147 Å². The highest BCUT2D eigenvalue weighted by Gasteiger charge is 2.14. The normalized spacial score (nSPS) is 12.3. The zero-order chi connectivity index (χ0) is 17.9. The van der Waals surface area contributed by atoms with Crippen molar-refractivity contribution in [2.24, 2.45) is 0 Å². The van der Waals surface area contributed by atoms with E-state index in [2.05, 4.69) is 10.3 Å². The van der Waals surface area contributed by atoms with E-state index in [1.807, 2.05) is 18.2 Å². The van der Waals surface area contributed by atoms with E-state index in [4.69, 9.17) is 14.2 Å². The number of aryl methyl sites for hydroxylation is 1. The lowest BCUT2D eigenvalue weighted by molar-refractivity contribution is -0.148. The molecule has 1 aliphatic heterocycles. The smallest absolute Gasteiger partial charge is 0.307 e. The van der Waals surface area contributed by atoms with E-state index in [1.165, 1.54) is 0 Å². The van der Waals surface area contributed by atoms with Gasteiger partial charge in [-0.25, -0.2) is 0 Å². The van der Waals surface area contributed by atoms with Crippen molar-refractivity contribution in [3.63, 3.8) is 0 Å². The number of benzene rings is 2. The molecule has 0 N–H and O–H groups in total. The van der Waals surface area contributed by atoms with Crippen LogP contribution in [0.5, 0.6) is 11.5 Å². The molecule has 0 atom stereocenters. The summed E-state index contributed by atoms with van der Waals surface area (Å²) in [4.78, 5) is 24.2. The molecule has 26 heavy (non-hydrogen) atoms. The number of carbonyl (C=O) groups is 1. The first kappa shape index (κ1) is 16.1. The van der Waals surface area contributed by atoms with Crippen molar-refractivity contribution >= 4 is 16.9 Å². The summed E-state index contributed by atoms with van der Waals surface area (Å²) in [5.74, 6) is 0.948. The lowest BCUT2D eigenvalue weighted by Crippen LogP contribution is -2.26. The van der Waals surface area contributed by atoms with Gasteiger partial charge in [0.25, 0.3) is 5.56 Å². The molecule has 2 heterocycles. The Morgan fingerprint density at radius 1 is 1.15 bits per heavy atom. The molecule has 8 nitrogen and oxygen atoms in total. The Morgan fingerprint density at radius 2 is 2.00 bits per heavy atom. The van der Waals surface area contributed by atoms with Crippen LogP contribution in [0.4, 0.5) is 0 Å². The molecule has 0 radical (unpaired) electrons. The molecule has 0 aliphatic carbocycles. The van der Waals surface area contributed by atoms with Gasteiger partial charge in [0.1, 0.15) is 5.52 Å². The van der Waals surface area contributed by atoms with Gasteiger partial charge in [-0.15, -0.1) is 5.10 Å². The molecule has 2 aromatic carbocycles. The maximum Gasteiger partial charge on any atom is 0.307 e. The molecule has 8 heteroatoms. The van der Waals surface area contributed by atoms with Gasteiger partial charge in [-0.2, -0.15) is 4.68 Å². The quantitative estimate of drug-likeness (QED) is 0.644. The fraction of sp³-hybridized carbons (Fsp3) is 0.222. The number of fused-ring (bicyclic) bond motifs is 2. The van der Waals surface area contributed by atoms with Crippen LogP contribution >= 0.6 is 0 Å². The summed E-state index contributed by atoms with van der Waals surface area (Å²) >= 11 is 0. The molecule has 0 amide bonds. The Bertz CT molecular complexity index is 1030. The second-order valence-electron chi connectivity index (χ2n) is 5.74. The zero-order valence-corrected chi connectivity index (χ0v) is 13.8. The second-order valence-corrected chi connectivity index (χ2v) is 5.74. The number of hydrogen-bond acceptors (Lipinski definition) is 7. The van der Waals surface area contributed by atoms with Gasteiger partial charge in [0.15, 0.2) is 18.2 Å². The maximum absolute atomic E-state index is 12.3. The SMILES string of the molecule is O=C(CCc1ccc2c(c1)OCO2)OCn1nnc2ccccc2c1=O. The second kappa shape index (κ2) is 6.83. The lowest BCUT2D eigenvalue weighted by Gasteiger charge is -2.07. The van der Waals surface area contributed by atoms with E-state index in [0.29, 0.717) is 28.8 Å². The topological polar surface area (TPSA) is 92.5 Å². The van der Waals surface area contributed by atoms with Crippen molar-refractivity contribution < 1.29 is 19.0 Å². The monoisotopic (exact) mass is 353 g/mol. The van der Waals surface area contributed by atoms with Crippen LogP contribution < -0.4 is 15.0 Å². The Balaban J connectivity index is 1.35. The van der Waals surface area contributed by atoms with Gasteiger partial charge in [0, 0.05) is 6.42 Å². The predicted molar refractivity (Wildman–Crippen MR) is 90.8 cm³/mol. The number of nitrogens with zero attached hydrogens (tertiary/aromatic N) is 3. The molecule has 4 rings (SSSR count). The molecular weight excluding hydrogens is 338 g/mol. The fourth-order valence-corrected chi connectivity index (χ4v) is 2.66. The molecule has 1 aliphatic rings. The van der Waals surface area contributed by atoms with Gasteiger partial charge in [0.2, 0.25) is 6.79 Å². The minimum Gasteiger partial charge on any atom is -0.454 e. The van der Waals surface area contributed by atoms with Gasteiger partial charge in [0.05, 0.1) is 5.39 Å². The summed E-state index contributed by atoms with van der Waals surface area (Å²) < 4.78 is 16.7. The van der Waals surface area contributed by atoms with Crippen LogP contribution in [0.3, 0.4) is 0 Å². The first-order valence-electron chi connectivity index (χ1n) is 8.07. The van der Waals surface area contributed by atoms with E-state index in [0.717, 1.165) is 10.2 Å². The van der Waals surface area contributed by atoms with Crippen molar-refractivity contribution in [2.45, 2.75) is 19.6 Å². The third-order valence-corrected chi connectivity index (χ3v) is 4.03. The number of ether oxygens (including phenoxy) is 3. The van der Waals surface area contributed by atoms with Gasteiger partial charge in [-0.05, 0) is 36.2 Å². The molecule has 0 saturated heterocycles. The average Bonchev–Trinajstić information content (AvgIpc) is 3.14. The highest BCUT2D eigenvalue weighted by atomic mass is 16.7. The van der Waals surface area contributed by atoms with Crippen molar-refractivity contribution in [3.05, 3.63) is 58.4 Å². The summed E-state index contributed by atoms with van der Waals surface area (Å²) in [6.45, 7) is -0.0565. The Kier molecular flexibility index (Phi) is 4.22. The number of esters is 1. The van der Waals surface area contributed by atoms with Crippen molar-refractivity contribution in [1.29, 1.82) is 0 Å². The molecule has 0 unspecified atom stereocenters. The summed E-state index contributed by atoms with van der Waals surface area (Å²) in [7, 11) is 0. The molecule has 0 saturated carbocycles. The number of aromatic nitrogens is 3. The standard InChI is InChI=1S/C18H15N3O5/c22-17(8-6-12-5-7-15-16(9-12)26-11-25-15)24-10-21-18(23)13-3-1-2-4-14(13)19-20-21/h1-5,7,9H,6,8,10-11H2. The third-order valence-electron chi connectivity index (χ3n) is 4.03. The van der Waals surface area contributed by atoms with Crippen LogP contribution in [0.2, 0.25) is 0 Å². The molecule has 0 fully saturated rings. The number of carbonyl (C=O) groups excluding carboxylic acids is 1. The van der Waals surface area contributed by atoms with E-state index >= 15 is 0 Å². The van der Waals surface area contributed by atoms with Crippen LogP contribution in [0.25, 0.3) is 10.9 Å². The fourth-order valence-electron chi connectivity index (χ4n) is 2.66. The molecule has 1 aromatic heterocycles. The van der Waals surface area contributed by atoms with Crippen LogP contribution in [-0.4, -0.2) is 27.8 Å². The maximum atomic E-state index is 12.3. The van der Waals surface area contributed by atoms with E-state index < -0.39 is 5.97 Å². The largest absolute Gasteiger partial charge is 0.454 e. The van der Waals surface area contributed by atoms with Crippen LogP contribution in [0.15, 0.2) is 47.3 Å². The van der Waals surface area contributed by atoms with Gasteiger partial charge in [-0.3, -0.25) is 9.59 Å². The summed E-state index contributed by atoms with van der Waals surface area (Å²) in [6, 6.07) is 12.4. The lowest BCUT2D eigenvalue weighted by atomic mass is 10.1. The van der Waals surface area contributed by atoms with Gasteiger partial charge < -0.3 is 14.2 Å². The number of hydrogen-bond donors (Lipinski definition) is 0. The van der Waals surface area contributed by atoms with Crippen LogP contribution in [-0.2, 0) is 22.7 Å². The average molecular weight is 353 g/mol. The Hall–Kier alpha value is -3.42. The molecule has 132 valence electrons. The van der Waals surface area contributed by atoms with Crippen molar-refractivity contribution in [3.8, 4) is 11.5 Å². The summed E-state index contributed by atoms with van der Waals surface area (Å²) in [6.07, 6.45) is 0.670. The minimum absolute atomic E-state index is 0.176. The molecule has 0 spiro atoms. The van der Waals surface area contributed by atoms with E-state index in [1.54, 1.807) is 24.3 Å². The summed E-state index contributed by atoms with van der Waals surface area (Å²) in [5.41, 5.74) is 1.09. The molecule has 3 aromatic rings. The predicted octanol–water partition coefficient (Wildman–Crippen LogP) is 1.65. The van der Waals surface area contributed by atoms with E-state index in [-0.39, 0.29) is 25.5 Å². The number of rotatable bonds is 5. The minimum atomic E-state index is -0.426. The van der Waals surface area contributed by atoms with Gasteiger partial charge >= 0.3 is 5.97 Å². The highest BCUT2D eigenvalue weighted by molar-refractivity contribution is 5.76. The first-order valence-corrected chi connectivity index (χ1v) is 8.07.